The van der Waals surface area contributed by atoms with Crippen molar-refractivity contribution in [2.24, 2.45) is 21.7 Å². The summed E-state index contributed by atoms with van der Waals surface area (Å²) >= 11 is 0. The van der Waals surface area contributed by atoms with Crippen LogP contribution in [0.1, 0.15) is 64.7 Å². The fraction of sp³-hybridized carbons (Fsp3) is 0.867. The molecule has 114 valence electrons. The second kappa shape index (κ2) is 6.02. The molecule has 0 aromatic carbocycles. The first-order chi connectivity index (χ1) is 9.52. The van der Waals surface area contributed by atoms with E-state index in [0.29, 0.717) is 19.4 Å². The van der Waals surface area contributed by atoms with Gasteiger partial charge < -0.3 is 16.3 Å². The van der Waals surface area contributed by atoms with Gasteiger partial charge in [0.1, 0.15) is 5.41 Å². The molecule has 1 amide bonds. The van der Waals surface area contributed by atoms with Crippen molar-refractivity contribution in [3.63, 3.8) is 0 Å². The highest BCUT2D eigenvalue weighted by atomic mass is 16.4. The number of amidine groups is 1. The summed E-state index contributed by atoms with van der Waals surface area (Å²) in [7, 11) is 0. The second-order valence-electron chi connectivity index (χ2n) is 6.83. The van der Waals surface area contributed by atoms with Crippen LogP contribution in [0.4, 0.5) is 0 Å². The summed E-state index contributed by atoms with van der Waals surface area (Å²) < 4.78 is 0. The Bertz CT molecular complexity index is 381. The number of hydrogen-bond donors (Lipinski definition) is 3. The van der Waals surface area contributed by atoms with Crippen molar-refractivity contribution >= 4 is 11.7 Å². The summed E-state index contributed by atoms with van der Waals surface area (Å²) in [6, 6.07) is 0. The predicted octanol–water partition coefficient (Wildman–Crippen LogP) is 2.38. The van der Waals surface area contributed by atoms with Crippen molar-refractivity contribution in [1.29, 1.82) is 0 Å². The minimum atomic E-state index is -0.778. The van der Waals surface area contributed by atoms with Crippen molar-refractivity contribution in [1.82, 2.24) is 5.32 Å². The Morgan fingerprint density at radius 1 is 1.15 bits per heavy atom. The first kappa shape index (κ1) is 15.1. The first-order valence-corrected chi connectivity index (χ1v) is 7.79. The van der Waals surface area contributed by atoms with Gasteiger partial charge in [0.2, 0.25) is 5.91 Å². The highest BCUT2D eigenvalue weighted by Crippen LogP contribution is 2.39. The Morgan fingerprint density at radius 2 is 1.70 bits per heavy atom. The number of carbonyl (C=O) groups is 1. The van der Waals surface area contributed by atoms with Gasteiger partial charge in [0.25, 0.3) is 0 Å². The number of hydrogen-bond acceptors (Lipinski definition) is 3. The van der Waals surface area contributed by atoms with Crippen LogP contribution in [-0.4, -0.2) is 23.5 Å². The third kappa shape index (κ3) is 2.91. The van der Waals surface area contributed by atoms with E-state index in [9.17, 15) is 4.79 Å². The molecule has 20 heavy (non-hydrogen) atoms. The molecule has 0 aliphatic heterocycles. The fourth-order valence-electron chi connectivity index (χ4n) is 3.72. The van der Waals surface area contributed by atoms with Crippen LogP contribution in [0.3, 0.4) is 0 Å². The topological polar surface area (TPSA) is 87.7 Å². The van der Waals surface area contributed by atoms with E-state index in [1.807, 2.05) is 0 Å². The van der Waals surface area contributed by atoms with E-state index in [1.54, 1.807) is 0 Å². The molecule has 0 aromatic heterocycles. The van der Waals surface area contributed by atoms with Crippen LogP contribution in [-0.2, 0) is 4.79 Å². The highest BCUT2D eigenvalue weighted by Gasteiger charge is 2.45. The zero-order chi connectivity index (χ0) is 14.6. The standard InChI is InChI=1S/C15H27N3O2/c1-14(7-3-2-4-8-14)11-17-13(19)15(12(16)18-20)9-5-6-10-15/h20H,2-11H2,1H3,(H2,16,18)(H,17,19). The van der Waals surface area contributed by atoms with Crippen LogP contribution in [0.15, 0.2) is 5.16 Å². The molecule has 0 saturated heterocycles. The lowest BCUT2D eigenvalue weighted by Gasteiger charge is -2.35. The Balaban J connectivity index is 1.99. The summed E-state index contributed by atoms with van der Waals surface area (Å²) in [4.78, 5) is 12.6. The second-order valence-corrected chi connectivity index (χ2v) is 6.83. The van der Waals surface area contributed by atoms with Crippen molar-refractivity contribution in [3.8, 4) is 0 Å². The van der Waals surface area contributed by atoms with E-state index in [0.717, 1.165) is 12.8 Å². The maximum absolute atomic E-state index is 12.6. The van der Waals surface area contributed by atoms with Gasteiger partial charge in [-0.3, -0.25) is 4.79 Å². The molecule has 0 aromatic rings. The number of nitrogens with one attached hydrogen (secondary N) is 1. The number of carbonyl (C=O) groups excluding carboxylic acids is 1. The van der Waals surface area contributed by atoms with Gasteiger partial charge in [0, 0.05) is 6.54 Å². The molecule has 0 atom stereocenters. The summed E-state index contributed by atoms with van der Waals surface area (Å²) in [6.07, 6.45) is 9.43. The Morgan fingerprint density at radius 3 is 2.25 bits per heavy atom. The van der Waals surface area contributed by atoms with E-state index < -0.39 is 5.41 Å². The Kier molecular flexibility index (Phi) is 4.55. The van der Waals surface area contributed by atoms with Crippen molar-refractivity contribution in [2.45, 2.75) is 64.7 Å². The number of amides is 1. The smallest absolute Gasteiger partial charge is 0.233 e. The third-order valence-corrected chi connectivity index (χ3v) is 5.23. The highest BCUT2D eigenvalue weighted by molar-refractivity contribution is 6.07. The fourth-order valence-corrected chi connectivity index (χ4v) is 3.72. The van der Waals surface area contributed by atoms with Crippen molar-refractivity contribution < 1.29 is 10.0 Å². The molecule has 5 heteroatoms. The van der Waals surface area contributed by atoms with Gasteiger partial charge in [-0.2, -0.15) is 0 Å². The van der Waals surface area contributed by atoms with E-state index in [4.69, 9.17) is 10.9 Å². The van der Waals surface area contributed by atoms with Gasteiger partial charge in [-0.15, -0.1) is 0 Å². The molecule has 2 aliphatic rings. The van der Waals surface area contributed by atoms with Gasteiger partial charge in [0.15, 0.2) is 5.84 Å². The molecule has 2 saturated carbocycles. The molecule has 0 bridgehead atoms. The van der Waals surface area contributed by atoms with Gasteiger partial charge in [0.05, 0.1) is 0 Å². The molecule has 5 nitrogen and oxygen atoms in total. The zero-order valence-corrected chi connectivity index (χ0v) is 12.5. The van der Waals surface area contributed by atoms with Crippen molar-refractivity contribution in [2.75, 3.05) is 6.54 Å². The maximum Gasteiger partial charge on any atom is 0.233 e. The molecule has 0 spiro atoms. The van der Waals surface area contributed by atoms with Crippen LogP contribution in [0.25, 0.3) is 0 Å². The first-order valence-electron chi connectivity index (χ1n) is 7.79. The van der Waals surface area contributed by atoms with Gasteiger partial charge >= 0.3 is 0 Å². The SMILES string of the molecule is CC1(CNC(=O)C2(C(N)=NO)CCCC2)CCCCC1. The summed E-state index contributed by atoms with van der Waals surface area (Å²) in [6.45, 7) is 2.95. The summed E-state index contributed by atoms with van der Waals surface area (Å²) in [5.41, 5.74) is 5.22. The molecule has 2 fully saturated rings. The Hall–Kier alpha value is -1.26. The average Bonchev–Trinajstić information content (AvgIpc) is 2.95. The van der Waals surface area contributed by atoms with E-state index in [-0.39, 0.29) is 17.2 Å². The summed E-state index contributed by atoms with van der Waals surface area (Å²) in [5, 5.41) is 15.1. The van der Waals surface area contributed by atoms with E-state index >= 15 is 0 Å². The van der Waals surface area contributed by atoms with Crippen LogP contribution in [0.2, 0.25) is 0 Å². The lowest BCUT2D eigenvalue weighted by molar-refractivity contribution is -0.128. The molecule has 0 unspecified atom stereocenters. The van der Waals surface area contributed by atoms with Gasteiger partial charge in [-0.25, -0.2) is 0 Å². The molecular weight excluding hydrogens is 254 g/mol. The van der Waals surface area contributed by atoms with Crippen LogP contribution >= 0.6 is 0 Å². The van der Waals surface area contributed by atoms with Crippen LogP contribution in [0, 0.1) is 10.8 Å². The average molecular weight is 281 g/mol. The van der Waals surface area contributed by atoms with E-state index in [1.165, 1.54) is 32.1 Å². The van der Waals surface area contributed by atoms with Crippen LogP contribution < -0.4 is 11.1 Å². The monoisotopic (exact) mass is 281 g/mol. The molecule has 0 heterocycles. The number of oxime groups is 1. The van der Waals surface area contributed by atoms with Gasteiger partial charge in [-0.05, 0) is 31.1 Å². The van der Waals surface area contributed by atoms with E-state index in [2.05, 4.69) is 17.4 Å². The molecule has 4 N–H and O–H groups in total. The number of nitrogens with two attached hydrogens (primary N) is 1. The Labute approximate surface area is 121 Å². The zero-order valence-electron chi connectivity index (χ0n) is 12.5. The maximum atomic E-state index is 12.6. The lowest BCUT2D eigenvalue weighted by atomic mass is 9.75. The predicted molar refractivity (Wildman–Crippen MR) is 78.5 cm³/mol. The van der Waals surface area contributed by atoms with Crippen LogP contribution in [0.5, 0.6) is 0 Å². The molecule has 2 rings (SSSR count). The third-order valence-electron chi connectivity index (χ3n) is 5.23. The molecule has 2 aliphatic carbocycles. The minimum absolute atomic E-state index is 0.0582. The summed E-state index contributed by atoms with van der Waals surface area (Å²) in [5.74, 6) is 0.0124. The molecular formula is C15H27N3O2. The number of rotatable bonds is 4. The lowest BCUT2D eigenvalue weighted by Crippen LogP contribution is -2.50. The normalized spacial score (nSPS) is 25.4. The number of nitrogens with zero attached hydrogens (tertiary/aromatic N) is 1. The minimum Gasteiger partial charge on any atom is -0.409 e. The van der Waals surface area contributed by atoms with Gasteiger partial charge in [-0.1, -0.05) is 44.2 Å². The largest absolute Gasteiger partial charge is 0.409 e. The quantitative estimate of drug-likeness (QED) is 0.320. The van der Waals surface area contributed by atoms with Crippen molar-refractivity contribution in [3.05, 3.63) is 0 Å². The molecule has 0 radical (unpaired) electrons.